The number of aromatic nitrogens is 2. The van der Waals surface area contributed by atoms with Crippen LogP contribution in [-0.4, -0.2) is 46.1 Å². The van der Waals surface area contributed by atoms with Gasteiger partial charge in [0.05, 0.1) is 12.3 Å². The number of urea groups is 1. The third-order valence-corrected chi connectivity index (χ3v) is 4.46. The fourth-order valence-electron chi connectivity index (χ4n) is 3.19. The van der Waals surface area contributed by atoms with Gasteiger partial charge in [0.15, 0.2) is 5.82 Å². The van der Waals surface area contributed by atoms with Crippen molar-refractivity contribution in [3.63, 3.8) is 0 Å². The molecule has 0 spiro atoms. The van der Waals surface area contributed by atoms with Crippen LogP contribution >= 0.6 is 0 Å². The first-order valence-electron chi connectivity index (χ1n) is 8.07. The van der Waals surface area contributed by atoms with E-state index < -0.39 is 0 Å². The summed E-state index contributed by atoms with van der Waals surface area (Å²) in [6.45, 7) is 2.08. The molecule has 3 heterocycles. The molecule has 2 aliphatic heterocycles. The topological polar surface area (TPSA) is 62.5 Å². The van der Waals surface area contributed by atoms with Gasteiger partial charge in [-0.05, 0) is 17.6 Å². The summed E-state index contributed by atoms with van der Waals surface area (Å²) < 4.78 is 1.67. The lowest BCUT2D eigenvalue weighted by Crippen LogP contribution is -2.40. The monoisotopic (exact) mass is 321 g/mol. The number of rotatable bonds is 2. The van der Waals surface area contributed by atoms with Crippen molar-refractivity contribution in [1.82, 2.24) is 14.7 Å². The molecule has 6 heteroatoms. The molecule has 0 aliphatic carbocycles. The molecule has 0 radical (unpaired) electrons. The summed E-state index contributed by atoms with van der Waals surface area (Å²) in [5, 5.41) is 7.06. The molecule has 6 nitrogen and oxygen atoms in total. The van der Waals surface area contributed by atoms with Crippen molar-refractivity contribution in [2.45, 2.75) is 6.42 Å². The van der Waals surface area contributed by atoms with E-state index in [-0.39, 0.29) is 6.03 Å². The fraction of sp³-hybridized carbons (Fsp3) is 0.278. The Morgan fingerprint density at radius 2 is 2.04 bits per heavy atom. The molecule has 1 N–H and O–H groups in total. The minimum atomic E-state index is -0.112. The second kappa shape index (κ2) is 5.96. The van der Waals surface area contributed by atoms with Crippen LogP contribution in [0.5, 0.6) is 0 Å². The highest BCUT2D eigenvalue weighted by atomic mass is 16.2. The average Bonchev–Trinajstić information content (AvgIpc) is 3.21. The summed E-state index contributed by atoms with van der Waals surface area (Å²) in [6, 6.07) is 11.9. The molecule has 0 fully saturated rings. The Kier molecular flexibility index (Phi) is 3.65. The van der Waals surface area contributed by atoms with E-state index in [0.717, 1.165) is 30.8 Å². The predicted octanol–water partition coefficient (Wildman–Crippen LogP) is 2.46. The van der Waals surface area contributed by atoms with Gasteiger partial charge >= 0.3 is 6.03 Å². The van der Waals surface area contributed by atoms with Crippen LogP contribution < -0.4 is 5.32 Å². The highest BCUT2D eigenvalue weighted by molar-refractivity contribution is 6.15. The lowest BCUT2D eigenvalue weighted by Gasteiger charge is -2.28. The molecule has 24 heavy (non-hydrogen) atoms. The first-order chi connectivity index (χ1) is 11.7. The van der Waals surface area contributed by atoms with Gasteiger partial charge in [0.2, 0.25) is 0 Å². The number of amides is 2. The number of carbonyl (C=O) groups is 1. The molecule has 1 aromatic carbocycles. The van der Waals surface area contributed by atoms with Gasteiger partial charge in [-0.25, -0.2) is 4.79 Å². The maximum atomic E-state index is 12.5. The van der Waals surface area contributed by atoms with Crippen LogP contribution in [0.15, 0.2) is 58.7 Å². The quantitative estimate of drug-likeness (QED) is 0.923. The van der Waals surface area contributed by atoms with Crippen molar-refractivity contribution in [2.75, 3.05) is 25.0 Å². The highest BCUT2D eigenvalue weighted by Crippen LogP contribution is 2.27. The largest absolute Gasteiger partial charge is 0.323 e. The standard InChI is InChI=1S/C18H19N5O/c1-22-9-8-16(21-22)20-18(24)23-10-7-14-11-19-17(15(14)12-23)13-5-3-2-4-6-13/h2-6,8-9H,7,10-12H2,1H3,(H,20,21,24). The maximum Gasteiger partial charge on any atom is 0.323 e. The number of hydrogen-bond donors (Lipinski definition) is 1. The minimum absolute atomic E-state index is 0.112. The first kappa shape index (κ1) is 14.7. The van der Waals surface area contributed by atoms with Gasteiger partial charge in [-0.15, -0.1) is 0 Å². The molecule has 122 valence electrons. The van der Waals surface area contributed by atoms with Crippen LogP contribution in [0.25, 0.3) is 0 Å². The van der Waals surface area contributed by atoms with Gasteiger partial charge in [0.25, 0.3) is 0 Å². The lowest BCUT2D eigenvalue weighted by atomic mass is 9.95. The first-order valence-corrected chi connectivity index (χ1v) is 8.07. The lowest BCUT2D eigenvalue weighted by molar-refractivity contribution is 0.215. The molecule has 0 saturated carbocycles. The molecule has 0 atom stereocenters. The molecule has 4 rings (SSSR count). The summed E-state index contributed by atoms with van der Waals surface area (Å²) in [5.41, 5.74) is 4.70. The zero-order valence-electron chi connectivity index (χ0n) is 13.6. The van der Waals surface area contributed by atoms with E-state index in [1.165, 1.54) is 11.1 Å². The molecule has 2 aliphatic rings. The number of nitrogens with zero attached hydrogens (tertiary/aromatic N) is 4. The van der Waals surface area contributed by atoms with E-state index in [9.17, 15) is 4.79 Å². The predicted molar refractivity (Wildman–Crippen MR) is 93.3 cm³/mol. The third-order valence-electron chi connectivity index (χ3n) is 4.46. The van der Waals surface area contributed by atoms with Crippen LogP contribution in [0.4, 0.5) is 10.6 Å². The Balaban J connectivity index is 1.50. The van der Waals surface area contributed by atoms with Crippen LogP contribution in [0.1, 0.15) is 12.0 Å². The molecular weight excluding hydrogens is 302 g/mol. The number of anilines is 1. The van der Waals surface area contributed by atoms with Crippen molar-refractivity contribution in [1.29, 1.82) is 0 Å². The number of hydrogen-bond acceptors (Lipinski definition) is 3. The molecule has 0 bridgehead atoms. The number of aryl methyl sites for hydroxylation is 1. The summed E-state index contributed by atoms with van der Waals surface area (Å²) in [7, 11) is 1.83. The highest BCUT2D eigenvalue weighted by Gasteiger charge is 2.29. The zero-order valence-corrected chi connectivity index (χ0v) is 13.6. The minimum Gasteiger partial charge on any atom is -0.320 e. The van der Waals surface area contributed by atoms with E-state index in [2.05, 4.69) is 22.5 Å². The Morgan fingerprint density at radius 1 is 1.21 bits per heavy atom. The smallest absolute Gasteiger partial charge is 0.320 e. The number of nitrogens with one attached hydrogen (secondary N) is 1. The van der Waals surface area contributed by atoms with Crippen molar-refractivity contribution in [2.24, 2.45) is 12.0 Å². The van der Waals surface area contributed by atoms with Gasteiger partial charge in [-0.1, -0.05) is 30.3 Å². The molecular formula is C18H19N5O. The average molecular weight is 321 g/mol. The Labute approximate surface area is 140 Å². The molecule has 1 aromatic heterocycles. The van der Waals surface area contributed by atoms with Gasteiger partial charge in [0, 0.05) is 38.0 Å². The second-order valence-corrected chi connectivity index (χ2v) is 6.09. The fourth-order valence-corrected chi connectivity index (χ4v) is 3.19. The van der Waals surface area contributed by atoms with Gasteiger partial charge in [0.1, 0.15) is 0 Å². The zero-order chi connectivity index (χ0) is 16.5. The Morgan fingerprint density at radius 3 is 2.79 bits per heavy atom. The molecule has 2 aromatic rings. The SMILES string of the molecule is Cn1ccc(NC(=O)N2CCC3=C(C2)C(c2ccccc2)=NC3)n1. The van der Waals surface area contributed by atoms with Crippen LogP contribution in [0.2, 0.25) is 0 Å². The van der Waals surface area contributed by atoms with E-state index in [1.54, 1.807) is 10.7 Å². The summed E-state index contributed by atoms with van der Waals surface area (Å²) in [5.74, 6) is 0.575. The molecule has 0 saturated heterocycles. The second-order valence-electron chi connectivity index (χ2n) is 6.09. The van der Waals surface area contributed by atoms with Crippen LogP contribution in [0.3, 0.4) is 0 Å². The number of benzene rings is 1. The van der Waals surface area contributed by atoms with Crippen molar-refractivity contribution < 1.29 is 4.79 Å². The summed E-state index contributed by atoms with van der Waals surface area (Å²) >= 11 is 0. The van der Waals surface area contributed by atoms with Crippen molar-refractivity contribution in [3.05, 3.63) is 59.3 Å². The van der Waals surface area contributed by atoms with Gasteiger partial charge in [-0.3, -0.25) is 15.0 Å². The van der Waals surface area contributed by atoms with E-state index >= 15 is 0 Å². The number of aliphatic imine (C=N–C) groups is 1. The summed E-state index contributed by atoms with van der Waals surface area (Å²) in [4.78, 5) is 19.0. The van der Waals surface area contributed by atoms with Gasteiger partial charge in [-0.2, -0.15) is 5.10 Å². The van der Waals surface area contributed by atoms with Crippen molar-refractivity contribution in [3.8, 4) is 0 Å². The third kappa shape index (κ3) is 2.71. The van der Waals surface area contributed by atoms with Crippen LogP contribution in [-0.2, 0) is 7.05 Å². The molecule has 2 amide bonds. The number of carbonyl (C=O) groups excluding carboxylic acids is 1. The van der Waals surface area contributed by atoms with Crippen LogP contribution in [0, 0.1) is 0 Å². The Bertz CT molecular complexity index is 834. The maximum absolute atomic E-state index is 12.5. The van der Waals surface area contributed by atoms with E-state index in [0.29, 0.717) is 12.4 Å². The van der Waals surface area contributed by atoms with E-state index in [1.807, 2.05) is 36.3 Å². The normalized spacial score (nSPS) is 16.9. The van der Waals surface area contributed by atoms with E-state index in [4.69, 9.17) is 4.99 Å². The van der Waals surface area contributed by atoms with Gasteiger partial charge < -0.3 is 4.90 Å². The Hall–Kier alpha value is -2.89. The van der Waals surface area contributed by atoms with Crippen molar-refractivity contribution >= 4 is 17.6 Å². The summed E-state index contributed by atoms with van der Waals surface area (Å²) in [6.07, 6.45) is 2.69. The molecule has 0 unspecified atom stereocenters.